The van der Waals surface area contributed by atoms with Crippen LogP contribution in [0.2, 0.25) is 0 Å². The number of nitrogens with one attached hydrogen (secondary N) is 3. The number of hydrogen-bond donors (Lipinski definition) is 3. The van der Waals surface area contributed by atoms with Gasteiger partial charge in [-0.25, -0.2) is 4.79 Å². The van der Waals surface area contributed by atoms with Gasteiger partial charge in [0.2, 0.25) is 11.8 Å². The van der Waals surface area contributed by atoms with Crippen molar-refractivity contribution in [2.24, 2.45) is 0 Å². The van der Waals surface area contributed by atoms with Crippen LogP contribution >= 0.6 is 0 Å². The fraction of sp³-hybridized carbons (Fsp3) is 0.750. The number of hydrogen-bond acceptors (Lipinski definition) is 3. The van der Waals surface area contributed by atoms with E-state index < -0.39 is 18.0 Å². The Morgan fingerprint density at radius 2 is 2.00 bits per heavy atom. The standard InChI is InChI=1S/C12H21N3O3/c1-2-3-4-5-6-7-13-11(17)9-8-10(16)15-12(18)14-9/h9H,2-8H2,1H3,(H,13,17)(H2,14,15,16,18)/t9-/m1/s1. The normalized spacial score (nSPS) is 19.1. The van der Waals surface area contributed by atoms with Gasteiger partial charge in [-0.05, 0) is 6.42 Å². The van der Waals surface area contributed by atoms with Crippen molar-refractivity contribution in [3.8, 4) is 0 Å². The zero-order chi connectivity index (χ0) is 13.4. The number of carbonyl (C=O) groups excluding carboxylic acids is 3. The number of amides is 4. The van der Waals surface area contributed by atoms with Crippen molar-refractivity contribution < 1.29 is 14.4 Å². The van der Waals surface area contributed by atoms with E-state index in [0.717, 1.165) is 12.8 Å². The topological polar surface area (TPSA) is 87.3 Å². The van der Waals surface area contributed by atoms with Gasteiger partial charge in [0.05, 0.1) is 6.42 Å². The lowest BCUT2D eigenvalue weighted by Crippen LogP contribution is -2.57. The molecule has 6 heteroatoms. The lowest BCUT2D eigenvalue weighted by atomic mass is 10.1. The van der Waals surface area contributed by atoms with Crippen molar-refractivity contribution in [3.05, 3.63) is 0 Å². The second kappa shape index (κ2) is 7.68. The smallest absolute Gasteiger partial charge is 0.322 e. The number of imide groups is 1. The zero-order valence-electron chi connectivity index (χ0n) is 10.8. The van der Waals surface area contributed by atoms with Gasteiger partial charge in [-0.1, -0.05) is 32.6 Å². The summed E-state index contributed by atoms with van der Waals surface area (Å²) in [4.78, 5) is 33.8. The lowest BCUT2D eigenvalue weighted by molar-refractivity contribution is -0.128. The summed E-state index contributed by atoms with van der Waals surface area (Å²) in [7, 11) is 0. The van der Waals surface area contributed by atoms with Crippen LogP contribution < -0.4 is 16.0 Å². The third-order valence-corrected chi connectivity index (χ3v) is 2.84. The molecule has 0 aromatic heterocycles. The summed E-state index contributed by atoms with van der Waals surface area (Å²) < 4.78 is 0. The molecule has 0 aromatic rings. The molecule has 0 aromatic carbocycles. The minimum absolute atomic E-state index is 0.00735. The van der Waals surface area contributed by atoms with Gasteiger partial charge in [-0.2, -0.15) is 0 Å². The molecule has 0 unspecified atom stereocenters. The first-order chi connectivity index (χ1) is 8.63. The molecule has 6 nitrogen and oxygen atoms in total. The minimum atomic E-state index is -0.734. The van der Waals surface area contributed by atoms with E-state index in [9.17, 15) is 14.4 Å². The van der Waals surface area contributed by atoms with Crippen molar-refractivity contribution in [3.63, 3.8) is 0 Å². The summed E-state index contributed by atoms with van der Waals surface area (Å²) in [5.74, 6) is -0.699. The highest BCUT2D eigenvalue weighted by Crippen LogP contribution is 2.02. The molecule has 4 amide bonds. The van der Waals surface area contributed by atoms with Gasteiger partial charge in [0.25, 0.3) is 0 Å². The molecule has 0 spiro atoms. The van der Waals surface area contributed by atoms with Gasteiger partial charge in [0.15, 0.2) is 0 Å². The molecule has 0 saturated carbocycles. The van der Waals surface area contributed by atoms with Gasteiger partial charge in [-0.15, -0.1) is 0 Å². The molecule has 1 aliphatic rings. The SMILES string of the molecule is CCCCCCCNC(=O)[C@H]1CC(=O)NC(=O)N1. The molecule has 102 valence electrons. The number of urea groups is 1. The first-order valence-corrected chi connectivity index (χ1v) is 6.51. The van der Waals surface area contributed by atoms with E-state index in [0.29, 0.717) is 6.54 Å². The van der Waals surface area contributed by atoms with Crippen molar-refractivity contribution in [1.29, 1.82) is 0 Å². The fourth-order valence-corrected chi connectivity index (χ4v) is 1.83. The maximum absolute atomic E-state index is 11.7. The number of rotatable bonds is 7. The van der Waals surface area contributed by atoms with E-state index in [1.54, 1.807) is 0 Å². The van der Waals surface area contributed by atoms with E-state index in [2.05, 4.69) is 22.9 Å². The van der Waals surface area contributed by atoms with E-state index in [1.807, 2.05) is 0 Å². The van der Waals surface area contributed by atoms with Crippen molar-refractivity contribution in [2.45, 2.75) is 51.5 Å². The highest BCUT2D eigenvalue weighted by molar-refractivity contribution is 6.02. The molecule has 1 rings (SSSR count). The average Bonchev–Trinajstić information content (AvgIpc) is 2.32. The molecule has 3 N–H and O–H groups in total. The Bertz CT molecular complexity index is 302. The lowest BCUT2D eigenvalue weighted by Gasteiger charge is -2.22. The fourth-order valence-electron chi connectivity index (χ4n) is 1.83. The molecule has 0 radical (unpaired) electrons. The van der Waals surface area contributed by atoms with Crippen molar-refractivity contribution in [2.75, 3.05) is 6.54 Å². The molecule has 0 aliphatic carbocycles. The summed E-state index contributed by atoms with van der Waals surface area (Å²) >= 11 is 0. The van der Waals surface area contributed by atoms with Crippen LogP contribution in [0.5, 0.6) is 0 Å². The third kappa shape index (κ3) is 5.16. The van der Waals surface area contributed by atoms with Crippen LogP contribution in [0.4, 0.5) is 4.79 Å². The monoisotopic (exact) mass is 255 g/mol. The largest absolute Gasteiger partial charge is 0.354 e. The van der Waals surface area contributed by atoms with Gasteiger partial charge in [0.1, 0.15) is 6.04 Å². The Labute approximate surface area is 107 Å². The van der Waals surface area contributed by atoms with Crippen molar-refractivity contribution >= 4 is 17.8 Å². The maximum Gasteiger partial charge on any atom is 0.322 e. The average molecular weight is 255 g/mol. The molecule has 1 fully saturated rings. The van der Waals surface area contributed by atoms with Gasteiger partial charge in [-0.3, -0.25) is 14.9 Å². The summed E-state index contributed by atoms with van der Waals surface area (Å²) in [6, 6.07) is -1.34. The molecular formula is C12H21N3O3. The highest BCUT2D eigenvalue weighted by atomic mass is 16.2. The molecule has 1 heterocycles. The summed E-state index contributed by atoms with van der Waals surface area (Å²) in [6.45, 7) is 2.75. The van der Waals surface area contributed by atoms with Crippen LogP contribution in [0.25, 0.3) is 0 Å². The Kier molecular flexibility index (Phi) is 6.18. The molecule has 1 aliphatic heterocycles. The van der Waals surface area contributed by atoms with E-state index in [4.69, 9.17) is 0 Å². The molecule has 18 heavy (non-hydrogen) atoms. The Hall–Kier alpha value is -1.59. The van der Waals surface area contributed by atoms with Gasteiger partial charge < -0.3 is 10.6 Å². The maximum atomic E-state index is 11.7. The Morgan fingerprint density at radius 1 is 1.28 bits per heavy atom. The molecular weight excluding hydrogens is 234 g/mol. The predicted octanol–water partition coefficient (Wildman–Crippen LogP) is 0.671. The van der Waals surface area contributed by atoms with Crippen LogP contribution in [-0.2, 0) is 9.59 Å². The molecule has 1 atom stereocenters. The summed E-state index contributed by atoms with van der Waals surface area (Å²) in [5, 5.41) is 7.25. The van der Waals surface area contributed by atoms with Crippen LogP contribution in [0.1, 0.15) is 45.4 Å². The van der Waals surface area contributed by atoms with Gasteiger partial charge in [0, 0.05) is 6.54 Å². The predicted molar refractivity (Wildman–Crippen MR) is 66.8 cm³/mol. The first-order valence-electron chi connectivity index (χ1n) is 6.51. The highest BCUT2D eigenvalue weighted by Gasteiger charge is 2.28. The Morgan fingerprint density at radius 3 is 2.67 bits per heavy atom. The minimum Gasteiger partial charge on any atom is -0.354 e. The van der Waals surface area contributed by atoms with Crippen LogP contribution in [0, 0.1) is 0 Å². The quantitative estimate of drug-likeness (QED) is 0.584. The van der Waals surface area contributed by atoms with Crippen LogP contribution in [0.15, 0.2) is 0 Å². The second-order valence-corrected chi connectivity index (χ2v) is 4.48. The summed E-state index contributed by atoms with van der Waals surface area (Å²) in [5.41, 5.74) is 0. The number of unbranched alkanes of at least 4 members (excludes halogenated alkanes) is 4. The zero-order valence-corrected chi connectivity index (χ0v) is 10.8. The van der Waals surface area contributed by atoms with Crippen LogP contribution in [0.3, 0.4) is 0 Å². The molecule has 0 bridgehead atoms. The molecule has 1 saturated heterocycles. The van der Waals surface area contributed by atoms with Crippen LogP contribution in [-0.4, -0.2) is 30.4 Å². The second-order valence-electron chi connectivity index (χ2n) is 4.48. The third-order valence-electron chi connectivity index (χ3n) is 2.84. The van der Waals surface area contributed by atoms with Gasteiger partial charge >= 0.3 is 6.03 Å². The Balaban J connectivity index is 2.16. The summed E-state index contributed by atoms with van der Waals surface area (Å²) in [6.07, 6.45) is 5.61. The number of carbonyl (C=O) groups is 3. The van der Waals surface area contributed by atoms with E-state index in [1.165, 1.54) is 19.3 Å². The van der Waals surface area contributed by atoms with Crippen molar-refractivity contribution in [1.82, 2.24) is 16.0 Å². The van der Waals surface area contributed by atoms with E-state index >= 15 is 0 Å². The van der Waals surface area contributed by atoms with E-state index in [-0.39, 0.29) is 12.3 Å². The first kappa shape index (κ1) is 14.5.